The molecule has 1 aromatic rings. The summed E-state index contributed by atoms with van der Waals surface area (Å²) < 4.78 is 27.6. The van der Waals surface area contributed by atoms with Crippen LogP contribution in [0, 0.1) is 17.6 Å². The SMILES string of the molecule is CC(C)[C@H](N)C(=O)NCC(=O)NC1CCN(c2c(F)cccc2F)C1.Cl.Cl. The molecule has 0 aliphatic carbocycles. The predicted octanol–water partition coefficient (Wildman–Crippen LogP) is 1.60. The summed E-state index contributed by atoms with van der Waals surface area (Å²) in [6.07, 6.45) is 0.568. The Balaban J connectivity index is 0.00000338. The first-order valence-electron chi connectivity index (χ1n) is 8.31. The summed E-state index contributed by atoms with van der Waals surface area (Å²) in [7, 11) is 0. The Bertz CT molecular complexity index is 629. The largest absolute Gasteiger partial charge is 0.365 e. The maximum atomic E-state index is 13.8. The van der Waals surface area contributed by atoms with Crippen LogP contribution in [0.25, 0.3) is 0 Å². The quantitative estimate of drug-likeness (QED) is 0.644. The Morgan fingerprint density at radius 2 is 1.85 bits per heavy atom. The molecule has 0 aromatic heterocycles. The van der Waals surface area contributed by atoms with Crippen molar-refractivity contribution in [3.8, 4) is 0 Å². The average Bonchev–Trinajstić information content (AvgIpc) is 2.99. The van der Waals surface area contributed by atoms with Gasteiger partial charge in [-0.25, -0.2) is 8.78 Å². The maximum Gasteiger partial charge on any atom is 0.239 e. The van der Waals surface area contributed by atoms with Crippen LogP contribution in [0.15, 0.2) is 18.2 Å². The number of nitrogens with one attached hydrogen (secondary N) is 2. The minimum absolute atomic E-state index is 0. The molecule has 1 aliphatic rings. The van der Waals surface area contributed by atoms with Crippen molar-refractivity contribution < 1.29 is 18.4 Å². The first-order chi connectivity index (χ1) is 11.8. The van der Waals surface area contributed by atoms with E-state index in [2.05, 4.69) is 10.6 Å². The fraction of sp³-hybridized carbons (Fsp3) is 0.529. The highest BCUT2D eigenvalue weighted by Gasteiger charge is 2.28. The summed E-state index contributed by atoms with van der Waals surface area (Å²) in [5.41, 5.74) is 5.63. The van der Waals surface area contributed by atoms with Crippen LogP contribution in [0.5, 0.6) is 0 Å². The van der Waals surface area contributed by atoms with Gasteiger partial charge in [0, 0.05) is 19.1 Å². The predicted molar refractivity (Wildman–Crippen MR) is 105 cm³/mol. The van der Waals surface area contributed by atoms with Gasteiger partial charge in [0.1, 0.15) is 17.3 Å². The fourth-order valence-corrected chi connectivity index (χ4v) is 2.74. The highest BCUT2D eigenvalue weighted by atomic mass is 35.5. The lowest BCUT2D eigenvalue weighted by molar-refractivity contribution is -0.127. The number of carbonyl (C=O) groups is 2. The van der Waals surface area contributed by atoms with E-state index in [-0.39, 0.29) is 60.8 Å². The average molecular weight is 427 g/mol. The Morgan fingerprint density at radius 1 is 1.26 bits per heavy atom. The Hall–Kier alpha value is -1.64. The van der Waals surface area contributed by atoms with Gasteiger partial charge in [-0.2, -0.15) is 0 Å². The number of amides is 2. The van der Waals surface area contributed by atoms with Gasteiger partial charge in [0.25, 0.3) is 0 Å². The molecule has 1 saturated heterocycles. The number of nitrogens with two attached hydrogens (primary N) is 1. The number of nitrogens with zero attached hydrogens (tertiary/aromatic N) is 1. The molecule has 1 fully saturated rings. The lowest BCUT2D eigenvalue weighted by Crippen LogP contribution is -2.48. The van der Waals surface area contributed by atoms with Gasteiger partial charge < -0.3 is 21.3 Å². The standard InChI is InChI=1S/C17H24F2N4O2.2ClH/c1-10(2)15(20)17(25)21-8-14(24)22-11-6-7-23(9-11)16-12(18)4-3-5-13(16)19;;/h3-5,10-11,15H,6-9,20H2,1-2H3,(H,21,25)(H,22,24);2*1H/t11?,15-;;/m0../s1. The molecule has 1 aliphatic heterocycles. The minimum Gasteiger partial charge on any atom is -0.365 e. The summed E-state index contributed by atoms with van der Waals surface area (Å²) in [5, 5.41) is 5.25. The second-order valence-corrected chi connectivity index (χ2v) is 6.56. The van der Waals surface area contributed by atoms with Crippen molar-refractivity contribution in [3.05, 3.63) is 29.8 Å². The molecule has 27 heavy (non-hydrogen) atoms. The first kappa shape index (κ1) is 25.4. The number of rotatable bonds is 6. The van der Waals surface area contributed by atoms with E-state index in [1.165, 1.54) is 18.2 Å². The molecule has 0 bridgehead atoms. The van der Waals surface area contributed by atoms with Crippen LogP contribution in [-0.2, 0) is 9.59 Å². The van der Waals surface area contributed by atoms with Crippen molar-refractivity contribution in [1.82, 2.24) is 10.6 Å². The summed E-state index contributed by atoms with van der Waals surface area (Å²) in [5.74, 6) is -2.01. The third kappa shape index (κ3) is 6.79. The molecule has 6 nitrogen and oxygen atoms in total. The van der Waals surface area contributed by atoms with Crippen LogP contribution >= 0.6 is 24.8 Å². The van der Waals surface area contributed by atoms with Crippen LogP contribution in [0.4, 0.5) is 14.5 Å². The zero-order chi connectivity index (χ0) is 18.6. The van der Waals surface area contributed by atoms with Crippen LogP contribution < -0.4 is 21.3 Å². The van der Waals surface area contributed by atoms with E-state index < -0.39 is 17.7 Å². The number of anilines is 1. The van der Waals surface area contributed by atoms with E-state index in [1.807, 2.05) is 13.8 Å². The lowest BCUT2D eigenvalue weighted by atomic mass is 10.1. The second kappa shape index (κ2) is 11.3. The summed E-state index contributed by atoms with van der Waals surface area (Å²) in [6.45, 7) is 4.21. The van der Waals surface area contributed by atoms with Crippen molar-refractivity contribution >= 4 is 42.3 Å². The molecular formula is C17H26Cl2F2N4O2. The normalized spacial score (nSPS) is 17.0. The van der Waals surface area contributed by atoms with Gasteiger partial charge >= 0.3 is 0 Å². The molecule has 2 amide bonds. The Labute approximate surface area is 170 Å². The number of carbonyl (C=O) groups excluding carboxylic acids is 2. The van der Waals surface area contributed by atoms with Gasteiger partial charge in [-0.3, -0.25) is 9.59 Å². The molecule has 2 rings (SSSR count). The number of hydrogen-bond donors (Lipinski definition) is 3. The summed E-state index contributed by atoms with van der Waals surface area (Å²) in [6, 6.07) is 2.82. The van der Waals surface area contributed by atoms with Crippen molar-refractivity contribution in [2.75, 3.05) is 24.5 Å². The molecular weight excluding hydrogens is 401 g/mol. The number of para-hydroxylation sites is 1. The topological polar surface area (TPSA) is 87.5 Å². The molecule has 1 unspecified atom stereocenters. The molecule has 1 aromatic carbocycles. The molecule has 0 radical (unpaired) electrons. The fourth-order valence-electron chi connectivity index (χ4n) is 2.74. The number of benzene rings is 1. The maximum absolute atomic E-state index is 13.8. The van der Waals surface area contributed by atoms with Gasteiger partial charge in [-0.05, 0) is 24.5 Å². The van der Waals surface area contributed by atoms with Gasteiger partial charge in [0.15, 0.2) is 0 Å². The van der Waals surface area contributed by atoms with Gasteiger partial charge in [-0.1, -0.05) is 19.9 Å². The zero-order valence-electron chi connectivity index (χ0n) is 15.2. The van der Waals surface area contributed by atoms with E-state index in [9.17, 15) is 18.4 Å². The highest BCUT2D eigenvalue weighted by molar-refractivity contribution is 5.87. The van der Waals surface area contributed by atoms with Crippen LogP contribution in [0.3, 0.4) is 0 Å². The molecule has 0 spiro atoms. The van der Waals surface area contributed by atoms with E-state index in [0.29, 0.717) is 19.5 Å². The molecule has 154 valence electrons. The Kier molecular flexibility index (Phi) is 10.6. The van der Waals surface area contributed by atoms with E-state index >= 15 is 0 Å². The van der Waals surface area contributed by atoms with Crippen molar-refractivity contribution in [1.29, 1.82) is 0 Å². The van der Waals surface area contributed by atoms with Gasteiger partial charge in [0.05, 0.1) is 12.6 Å². The lowest BCUT2D eigenvalue weighted by Gasteiger charge is -2.20. The van der Waals surface area contributed by atoms with Gasteiger partial charge in [-0.15, -0.1) is 24.8 Å². The molecule has 2 atom stereocenters. The van der Waals surface area contributed by atoms with E-state index in [0.717, 1.165) is 0 Å². The minimum atomic E-state index is -0.668. The monoisotopic (exact) mass is 426 g/mol. The highest BCUT2D eigenvalue weighted by Crippen LogP contribution is 2.26. The van der Waals surface area contributed by atoms with Crippen LogP contribution in [0.1, 0.15) is 20.3 Å². The molecule has 0 saturated carbocycles. The molecule has 1 heterocycles. The van der Waals surface area contributed by atoms with Crippen LogP contribution in [0.2, 0.25) is 0 Å². The number of halogens is 4. The summed E-state index contributed by atoms with van der Waals surface area (Å²) in [4.78, 5) is 25.2. The third-order valence-corrected chi connectivity index (χ3v) is 4.25. The van der Waals surface area contributed by atoms with Crippen molar-refractivity contribution in [3.63, 3.8) is 0 Å². The van der Waals surface area contributed by atoms with Crippen LogP contribution in [-0.4, -0.2) is 43.5 Å². The first-order valence-corrected chi connectivity index (χ1v) is 8.31. The van der Waals surface area contributed by atoms with E-state index in [4.69, 9.17) is 5.73 Å². The third-order valence-electron chi connectivity index (χ3n) is 4.25. The summed E-state index contributed by atoms with van der Waals surface area (Å²) >= 11 is 0. The van der Waals surface area contributed by atoms with Crippen molar-refractivity contribution in [2.45, 2.75) is 32.4 Å². The smallest absolute Gasteiger partial charge is 0.239 e. The number of hydrogen-bond acceptors (Lipinski definition) is 4. The van der Waals surface area contributed by atoms with Gasteiger partial charge in [0.2, 0.25) is 11.8 Å². The second-order valence-electron chi connectivity index (χ2n) is 6.56. The molecule has 4 N–H and O–H groups in total. The zero-order valence-corrected chi connectivity index (χ0v) is 16.8. The Morgan fingerprint density at radius 3 is 2.41 bits per heavy atom. The van der Waals surface area contributed by atoms with E-state index in [1.54, 1.807) is 4.90 Å². The molecule has 10 heteroatoms. The van der Waals surface area contributed by atoms with Crippen molar-refractivity contribution in [2.24, 2.45) is 11.7 Å².